The smallest absolute Gasteiger partial charge is 0.321 e. The van der Waals surface area contributed by atoms with Crippen molar-refractivity contribution in [2.45, 2.75) is 6.54 Å². The van der Waals surface area contributed by atoms with Crippen molar-refractivity contribution in [2.24, 2.45) is 0 Å². The van der Waals surface area contributed by atoms with E-state index >= 15 is 0 Å². The summed E-state index contributed by atoms with van der Waals surface area (Å²) >= 11 is 3.18. The van der Waals surface area contributed by atoms with Gasteiger partial charge in [-0.05, 0) is 18.2 Å². The number of halogens is 2. The van der Waals surface area contributed by atoms with Gasteiger partial charge in [0.05, 0.1) is 6.61 Å². The van der Waals surface area contributed by atoms with Crippen LogP contribution in [0.25, 0.3) is 0 Å². The number of ether oxygens (including phenoxy) is 2. The lowest BCUT2D eigenvalue weighted by Crippen LogP contribution is -2.18. The number of methoxy groups -OCH3 is 1. The summed E-state index contributed by atoms with van der Waals surface area (Å²) in [5, 5.41) is 3.18. The third-order valence-corrected chi connectivity index (χ3v) is 3.08. The molecule has 0 aliphatic heterocycles. The van der Waals surface area contributed by atoms with Crippen LogP contribution in [-0.4, -0.2) is 30.2 Å². The van der Waals surface area contributed by atoms with Crippen LogP contribution in [0.4, 0.5) is 4.39 Å². The zero-order valence-electron chi connectivity index (χ0n) is 11.5. The van der Waals surface area contributed by atoms with Crippen LogP contribution >= 0.6 is 15.9 Å². The van der Waals surface area contributed by atoms with Gasteiger partial charge in [-0.15, -0.1) is 0 Å². The molecular weight excluding hydrogens is 341 g/mol. The first-order valence-corrected chi connectivity index (χ1v) is 7.12. The molecule has 0 aliphatic carbocycles. The average Bonchev–Trinajstić information content (AvgIpc) is 2.48. The van der Waals surface area contributed by atoms with Crippen molar-refractivity contribution in [1.82, 2.24) is 15.3 Å². The minimum absolute atomic E-state index is 0.0872. The van der Waals surface area contributed by atoms with Gasteiger partial charge in [-0.3, -0.25) is 0 Å². The largest absolute Gasteiger partial charge is 0.421 e. The topological polar surface area (TPSA) is 56.3 Å². The van der Waals surface area contributed by atoms with E-state index in [-0.39, 0.29) is 11.8 Å². The minimum atomic E-state index is -0.474. The zero-order chi connectivity index (χ0) is 15.1. The van der Waals surface area contributed by atoms with Crippen molar-refractivity contribution in [3.05, 3.63) is 46.4 Å². The molecule has 1 N–H and O–H groups in total. The Bertz CT molecular complexity index is 581. The molecular formula is C14H15BrFN3O2. The van der Waals surface area contributed by atoms with Crippen LogP contribution in [0.5, 0.6) is 11.8 Å². The van der Waals surface area contributed by atoms with Gasteiger partial charge in [-0.25, -0.2) is 14.4 Å². The first-order chi connectivity index (χ1) is 10.2. The van der Waals surface area contributed by atoms with Crippen LogP contribution in [-0.2, 0) is 11.3 Å². The van der Waals surface area contributed by atoms with Crippen LogP contribution in [0.3, 0.4) is 0 Å². The quantitative estimate of drug-likeness (QED) is 0.774. The molecule has 2 aromatic rings. The van der Waals surface area contributed by atoms with E-state index in [0.717, 1.165) is 12.1 Å². The molecule has 2 rings (SSSR count). The van der Waals surface area contributed by atoms with Gasteiger partial charge in [-0.2, -0.15) is 0 Å². The van der Waals surface area contributed by atoms with Gasteiger partial charge < -0.3 is 14.8 Å². The summed E-state index contributed by atoms with van der Waals surface area (Å²) in [6.45, 7) is 2.03. The van der Waals surface area contributed by atoms with Gasteiger partial charge in [0.1, 0.15) is 0 Å². The van der Waals surface area contributed by atoms with E-state index in [1.807, 2.05) is 0 Å². The fourth-order valence-electron chi connectivity index (χ4n) is 1.55. The first kappa shape index (κ1) is 15.8. The molecule has 1 aromatic carbocycles. The highest BCUT2D eigenvalue weighted by molar-refractivity contribution is 9.10. The number of hydrogen-bond acceptors (Lipinski definition) is 5. The Kier molecular flexibility index (Phi) is 6.04. The molecule has 21 heavy (non-hydrogen) atoms. The molecule has 0 aliphatic rings. The summed E-state index contributed by atoms with van der Waals surface area (Å²) < 4.78 is 24.5. The van der Waals surface area contributed by atoms with Gasteiger partial charge in [0.15, 0.2) is 11.6 Å². The minimum Gasteiger partial charge on any atom is -0.421 e. The van der Waals surface area contributed by atoms with Gasteiger partial charge in [0.2, 0.25) is 0 Å². The molecule has 0 saturated heterocycles. The Morgan fingerprint density at radius 3 is 2.71 bits per heavy atom. The normalized spacial score (nSPS) is 10.6. The summed E-state index contributed by atoms with van der Waals surface area (Å²) in [7, 11) is 1.65. The van der Waals surface area contributed by atoms with E-state index in [1.165, 1.54) is 12.1 Å². The number of aromatic nitrogens is 2. The highest BCUT2D eigenvalue weighted by atomic mass is 79.9. The molecule has 1 aromatic heterocycles. The maximum atomic E-state index is 13.6. The fraction of sp³-hybridized carbons (Fsp3) is 0.286. The maximum Gasteiger partial charge on any atom is 0.321 e. The summed E-state index contributed by atoms with van der Waals surface area (Å²) in [5.41, 5.74) is 0.912. The van der Waals surface area contributed by atoms with E-state index in [4.69, 9.17) is 9.47 Å². The molecule has 0 radical (unpaired) electrons. The summed E-state index contributed by atoms with van der Waals surface area (Å²) in [5.74, 6) is -0.387. The molecule has 0 fully saturated rings. The summed E-state index contributed by atoms with van der Waals surface area (Å²) in [4.78, 5) is 8.11. The van der Waals surface area contributed by atoms with Crippen LogP contribution in [0.15, 0.2) is 35.1 Å². The summed E-state index contributed by atoms with van der Waals surface area (Å²) in [6.07, 6.45) is 3.28. The van der Waals surface area contributed by atoms with E-state index in [2.05, 4.69) is 31.2 Å². The Morgan fingerprint density at radius 1 is 1.29 bits per heavy atom. The third-order valence-electron chi connectivity index (χ3n) is 2.59. The van der Waals surface area contributed by atoms with Crippen molar-refractivity contribution < 1.29 is 13.9 Å². The monoisotopic (exact) mass is 355 g/mol. The molecule has 5 nitrogen and oxygen atoms in total. The van der Waals surface area contributed by atoms with E-state index in [1.54, 1.807) is 25.6 Å². The third kappa shape index (κ3) is 5.04. The molecule has 0 amide bonds. The van der Waals surface area contributed by atoms with Gasteiger partial charge in [0, 0.05) is 42.6 Å². The van der Waals surface area contributed by atoms with Crippen LogP contribution < -0.4 is 10.1 Å². The van der Waals surface area contributed by atoms with Gasteiger partial charge in [0.25, 0.3) is 0 Å². The Balaban J connectivity index is 1.92. The van der Waals surface area contributed by atoms with Crippen molar-refractivity contribution >= 4 is 15.9 Å². The molecule has 0 bridgehead atoms. The molecule has 7 heteroatoms. The molecule has 1 heterocycles. The van der Waals surface area contributed by atoms with Crippen LogP contribution in [0.1, 0.15) is 5.56 Å². The second kappa shape index (κ2) is 8.02. The lowest BCUT2D eigenvalue weighted by atomic mass is 10.3. The standard InChI is InChI=1S/C14H15BrFN3O2/c1-20-5-4-17-7-10-8-18-14(19-9-10)21-13-3-2-11(15)6-12(13)16/h2-3,6,8-9,17H,4-5,7H2,1H3. The van der Waals surface area contributed by atoms with Crippen molar-refractivity contribution in [3.63, 3.8) is 0 Å². The Labute approximate surface area is 130 Å². The predicted octanol–water partition coefficient (Wildman–Crippen LogP) is 2.91. The number of hydrogen-bond donors (Lipinski definition) is 1. The zero-order valence-corrected chi connectivity index (χ0v) is 13.1. The van der Waals surface area contributed by atoms with Gasteiger partial charge >= 0.3 is 6.01 Å². The highest BCUT2D eigenvalue weighted by Gasteiger charge is 2.07. The second-order valence-corrected chi connectivity index (χ2v) is 5.14. The SMILES string of the molecule is COCCNCc1cnc(Oc2ccc(Br)cc2F)nc1. The maximum absolute atomic E-state index is 13.6. The molecule has 112 valence electrons. The van der Waals surface area contributed by atoms with Crippen molar-refractivity contribution in [1.29, 1.82) is 0 Å². The average molecular weight is 356 g/mol. The molecule has 0 unspecified atom stereocenters. The number of rotatable bonds is 7. The Morgan fingerprint density at radius 2 is 2.05 bits per heavy atom. The lowest BCUT2D eigenvalue weighted by molar-refractivity contribution is 0.199. The van der Waals surface area contributed by atoms with Crippen molar-refractivity contribution in [3.8, 4) is 11.8 Å². The number of nitrogens with one attached hydrogen (secondary N) is 1. The highest BCUT2D eigenvalue weighted by Crippen LogP contribution is 2.24. The van der Waals surface area contributed by atoms with Crippen LogP contribution in [0, 0.1) is 5.82 Å². The van der Waals surface area contributed by atoms with Crippen molar-refractivity contribution in [2.75, 3.05) is 20.3 Å². The molecule has 0 atom stereocenters. The lowest BCUT2D eigenvalue weighted by Gasteiger charge is -2.06. The fourth-order valence-corrected chi connectivity index (χ4v) is 1.88. The Hall–Kier alpha value is -1.57. The first-order valence-electron chi connectivity index (χ1n) is 6.32. The van der Waals surface area contributed by atoms with Gasteiger partial charge in [-0.1, -0.05) is 15.9 Å². The molecule has 0 saturated carbocycles. The number of benzene rings is 1. The van der Waals surface area contributed by atoms with E-state index in [9.17, 15) is 4.39 Å². The summed E-state index contributed by atoms with van der Waals surface area (Å²) in [6, 6.07) is 4.63. The van der Waals surface area contributed by atoms with Crippen LogP contribution in [0.2, 0.25) is 0 Å². The second-order valence-electron chi connectivity index (χ2n) is 4.22. The number of nitrogens with zero attached hydrogens (tertiary/aromatic N) is 2. The molecule has 0 spiro atoms. The van der Waals surface area contributed by atoms with E-state index < -0.39 is 5.82 Å². The predicted molar refractivity (Wildman–Crippen MR) is 79.8 cm³/mol. The van der Waals surface area contributed by atoms with E-state index in [0.29, 0.717) is 17.6 Å².